The Morgan fingerprint density at radius 3 is 2.73 bits per heavy atom. The fourth-order valence-electron chi connectivity index (χ4n) is 3.61. The average Bonchev–Trinajstić information content (AvgIpc) is 3.29. The van der Waals surface area contributed by atoms with Gasteiger partial charge in [-0.15, -0.1) is 0 Å². The first-order chi connectivity index (χ1) is 14.6. The molecular formula is C24H26N4O2. The summed E-state index contributed by atoms with van der Waals surface area (Å²) < 4.78 is 11.2. The lowest BCUT2D eigenvalue weighted by atomic mass is 10.0. The van der Waals surface area contributed by atoms with Crippen LogP contribution >= 0.6 is 0 Å². The molecule has 0 saturated heterocycles. The van der Waals surface area contributed by atoms with Crippen LogP contribution in [-0.2, 0) is 0 Å². The summed E-state index contributed by atoms with van der Waals surface area (Å²) in [5, 5.41) is 4.47. The van der Waals surface area contributed by atoms with E-state index in [-0.39, 0.29) is 6.04 Å². The van der Waals surface area contributed by atoms with Crippen molar-refractivity contribution in [3.63, 3.8) is 0 Å². The number of nitrogens with one attached hydrogen (secondary N) is 1. The van der Waals surface area contributed by atoms with Crippen molar-refractivity contribution in [2.45, 2.75) is 26.8 Å². The first-order valence-electron chi connectivity index (χ1n) is 10.1. The summed E-state index contributed by atoms with van der Waals surface area (Å²) in [7, 11) is 1.64. The molecule has 0 unspecified atom stereocenters. The van der Waals surface area contributed by atoms with E-state index in [2.05, 4.69) is 57.5 Å². The number of ether oxygens (including phenoxy) is 2. The molecule has 6 heteroatoms. The number of benzene rings is 2. The Labute approximate surface area is 176 Å². The largest absolute Gasteiger partial charge is 0.493 e. The maximum atomic E-state index is 5.76. The van der Waals surface area contributed by atoms with Gasteiger partial charge in [-0.2, -0.15) is 0 Å². The van der Waals surface area contributed by atoms with E-state index >= 15 is 0 Å². The molecule has 0 bridgehead atoms. The molecule has 0 spiro atoms. The Hall–Kier alpha value is -3.41. The fraction of sp³-hybridized carbons (Fsp3) is 0.292. The summed E-state index contributed by atoms with van der Waals surface area (Å²) >= 11 is 0. The standard InChI is InChI=1S/C24H26N4O2/c1-5-30-23-12-20-21(13-22(23)29-4)27-16(3)28-24(20)26-15(2)17-7-6-8-18(11-17)19-9-10-25-14-19/h6-9,11-15H,5,10H2,1-4H3,(H,26,27,28)/t15-/m1/s1. The Balaban J connectivity index is 1.70. The van der Waals surface area contributed by atoms with Crippen LogP contribution in [0.3, 0.4) is 0 Å². The van der Waals surface area contributed by atoms with Gasteiger partial charge in [-0.3, -0.25) is 4.99 Å². The van der Waals surface area contributed by atoms with Crippen LogP contribution in [0.15, 0.2) is 47.5 Å². The normalized spacial score (nSPS) is 13.9. The maximum absolute atomic E-state index is 5.76. The third-order valence-electron chi connectivity index (χ3n) is 5.11. The van der Waals surface area contributed by atoms with Gasteiger partial charge in [0, 0.05) is 23.7 Å². The minimum absolute atomic E-state index is 0.0547. The quantitative estimate of drug-likeness (QED) is 0.603. The minimum atomic E-state index is 0.0547. The summed E-state index contributed by atoms with van der Waals surface area (Å²) in [6.07, 6.45) is 4.07. The number of aryl methyl sites for hydroxylation is 1. The number of allylic oxidation sites excluding steroid dienone is 1. The fourth-order valence-corrected chi connectivity index (χ4v) is 3.61. The van der Waals surface area contributed by atoms with Crippen molar-refractivity contribution in [2.24, 2.45) is 4.99 Å². The summed E-state index contributed by atoms with van der Waals surface area (Å²) in [5.41, 5.74) is 4.34. The summed E-state index contributed by atoms with van der Waals surface area (Å²) in [4.78, 5) is 13.5. The number of hydrogen-bond acceptors (Lipinski definition) is 6. The lowest BCUT2D eigenvalue weighted by Gasteiger charge is -2.19. The third kappa shape index (κ3) is 3.99. The Bertz CT molecular complexity index is 1140. The molecule has 1 aliphatic rings. The van der Waals surface area contributed by atoms with Gasteiger partial charge in [0.15, 0.2) is 11.5 Å². The summed E-state index contributed by atoms with van der Waals surface area (Å²) in [5.74, 6) is 2.83. The predicted molar refractivity (Wildman–Crippen MR) is 122 cm³/mol. The van der Waals surface area contributed by atoms with E-state index in [1.807, 2.05) is 32.2 Å². The Morgan fingerprint density at radius 2 is 2.00 bits per heavy atom. The molecule has 1 aromatic heterocycles. The molecule has 3 aromatic rings. The molecule has 2 heterocycles. The zero-order valence-corrected chi connectivity index (χ0v) is 17.8. The lowest BCUT2D eigenvalue weighted by Crippen LogP contribution is -2.10. The summed E-state index contributed by atoms with van der Waals surface area (Å²) in [6, 6.07) is 12.4. The van der Waals surface area contributed by atoms with Crippen molar-refractivity contribution in [3.8, 4) is 11.5 Å². The topological polar surface area (TPSA) is 68.6 Å². The third-order valence-corrected chi connectivity index (χ3v) is 5.11. The van der Waals surface area contributed by atoms with Gasteiger partial charge >= 0.3 is 0 Å². The zero-order valence-electron chi connectivity index (χ0n) is 17.8. The molecule has 0 aliphatic carbocycles. The number of fused-ring (bicyclic) bond motifs is 1. The van der Waals surface area contributed by atoms with Gasteiger partial charge in [0.1, 0.15) is 11.6 Å². The van der Waals surface area contributed by atoms with Crippen LogP contribution in [0.5, 0.6) is 11.5 Å². The van der Waals surface area contributed by atoms with E-state index in [0.29, 0.717) is 23.9 Å². The highest BCUT2D eigenvalue weighted by Gasteiger charge is 2.15. The van der Waals surface area contributed by atoms with E-state index in [9.17, 15) is 0 Å². The molecule has 0 fully saturated rings. The van der Waals surface area contributed by atoms with E-state index < -0.39 is 0 Å². The van der Waals surface area contributed by atoms with Crippen LogP contribution < -0.4 is 14.8 Å². The van der Waals surface area contributed by atoms with Crippen molar-refractivity contribution >= 4 is 28.5 Å². The van der Waals surface area contributed by atoms with Gasteiger partial charge in [-0.25, -0.2) is 9.97 Å². The van der Waals surface area contributed by atoms with Crippen molar-refractivity contribution in [2.75, 3.05) is 25.6 Å². The monoisotopic (exact) mass is 402 g/mol. The zero-order chi connectivity index (χ0) is 21.1. The lowest BCUT2D eigenvalue weighted by molar-refractivity contribution is 0.311. The Kier molecular flexibility index (Phi) is 5.65. The van der Waals surface area contributed by atoms with Gasteiger partial charge in [0.25, 0.3) is 0 Å². The average molecular weight is 402 g/mol. The van der Waals surface area contributed by atoms with Crippen molar-refractivity contribution < 1.29 is 9.47 Å². The van der Waals surface area contributed by atoms with Crippen LogP contribution in [-0.4, -0.2) is 36.4 Å². The molecule has 1 atom stereocenters. The van der Waals surface area contributed by atoms with Crippen molar-refractivity contribution in [3.05, 3.63) is 59.4 Å². The SMILES string of the molecule is CCOc1cc2c(N[C@H](C)c3cccc(C4=CCN=C4)c3)nc(C)nc2cc1OC. The highest BCUT2D eigenvalue weighted by Crippen LogP contribution is 2.35. The van der Waals surface area contributed by atoms with Gasteiger partial charge in [0.2, 0.25) is 0 Å². The van der Waals surface area contributed by atoms with Crippen LogP contribution in [0.2, 0.25) is 0 Å². The summed E-state index contributed by atoms with van der Waals surface area (Å²) in [6.45, 7) is 7.29. The van der Waals surface area contributed by atoms with Crippen LogP contribution in [0.4, 0.5) is 5.82 Å². The Morgan fingerprint density at radius 1 is 1.13 bits per heavy atom. The molecule has 0 amide bonds. The molecule has 6 nitrogen and oxygen atoms in total. The minimum Gasteiger partial charge on any atom is -0.493 e. The molecular weight excluding hydrogens is 376 g/mol. The van der Waals surface area contributed by atoms with Crippen LogP contribution in [0, 0.1) is 6.92 Å². The van der Waals surface area contributed by atoms with Gasteiger partial charge < -0.3 is 14.8 Å². The van der Waals surface area contributed by atoms with Gasteiger partial charge in [0.05, 0.1) is 25.8 Å². The number of rotatable bonds is 7. The number of aromatic nitrogens is 2. The van der Waals surface area contributed by atoms with E-state index in [4.69, 9.17) is 9.47 Å². The first kappa shape index (κ1) is 19.9. The van der Waals surface area contributed by atoms with Crippen molar-refractivity contribution in [1.29, 1.82) is 0 Å². The molecule has 1 aliphatic heterocycles. The van der Waals surface area contributed by atoms with E-state index in [1.165, 1.54) is 16.7 Å². The maximum Gasteiger partial charge on any atom is 0.162 e. The highest BCUT2D eigenvalue weighted by molar-refractivity contribution is 6.11. The molecule has 2 aromatic carbocycles. The second kappa shape index (κ2) is 8.53. The number of anilines is 1. The second-order valence-electron chi connectivity index (χ2n) is 7.22. The predicted octanol–water partition coefficient (Wildman–Crippen LogP) is 4.99. The van der Waals surface area contributed by atoms with Crippen molar-refractivity contribution in [1.82, 2.24) is 9.97 Å². The smallest absolute Gasteiger partial charge is 0.162 e. The molecule has 0 radical (unpaired) electrons. The first-order valence-corrected chi connectivity index (χ1v) is 10.1. The van der Waals surface area contributed by atoms with Crippen LogP contribution in [0.25, 0.3) is 16.5 Å². The molecule has 1 N–H and O–H groups in total. The second-order valence-corrected chi connectivity index (χ2v) is 7.22. The highest BCUT2D eigenvalue weighted by atomic mass is 16.5. The van der Waals surface area contributed by atoms with Gasteiger partial charge in [-0.05, 0) is 49.6 Å². The van der Waals surface area contributed by atoms with E-state index in [0.717, 1.165) is 23.3 Å². The number of nitrogens with zero attached hydrogens (tertiary/aromatic N) is 3. The van der Waals surface area contributed by atoms with Gasteiger partial charge in [-0.1, -0.05) is 24.3 Å². The molecule has 154 valence electrons. The number of methoxy groups -OCH3 is 1. The molecule has 4 rings (SSSR count). The number of hydrogen-bond donors (Lipinski definition) is 1. The molecule has 0 saturated carbocycles. The molecule has 30 heavy (non-hydrogen) atoms. The number of aliphatic imine (C=N–C) groups is 1. The van der Waals surface area contributed by atoms with Crippen LogP contribution in [0.1, 0.15) is 36.8 Å². The van der Waals surface area contributed by atoms with E-state index in [1.54, 1.807) is 7.11 Å².